The molecule has 0 aliphatic carbocycles. The Morgan fingerprint density at radius 3 is 1.61 bits per heavy atom. The summed E-state index contributed by atoms with van der Waals surface area (Å²) >= 11 is -2.77. The molecule has 3 nitrogen and oxygen atoms in total. The van der Waals surface area contributed by atoms with Gasteiger partial charge in [-0.1, -0.05) is 0 Å². The highest BCUT2D eigenvalue weighted by Gasteiger charge is 2.37. The maximum atomic E-state index is 12.3. The van der Waals surface area contributed by atoms with E-state index in [9.17, 15) is 30.6 Å². The molecule has 0 spiro atoms. The first-order valence-corrected chi connectivity index (χ1v) is 5.28. The van der Waals surface area contributed by atoms with Gasteiger partial charge in [-0.25, -0.2) is 4.21 Å². The maximum Gasteiger partial charge on any atom is 0.416 e. The molecule has 0 amide bonds. The molecule has 0 radical (unpaired) electrons. The lowest BCUT2D eigenvalue weighted by molar-refractivity contribution is -0.143. The second kappa shape index (κ2) is 4.76. The topological polar surface area (TPSA) is 49.3 Å². The minimum Gasteiger partial charge on any atom is -0.289 e. The van der Waals surface area contributed by atoms with Crippen molar-refractivity contribution in [3.8, 4) is 0 Å². The summed E-state index contributed by atoms with van der Waals surface area (Å²) in [6, 6.07) is 0.540. The third-order valence-electron chi connectivity index (χ3n) is 1.79. The smallest absolute Gasteiger partial charge is 0.289 e. The first kappa shape index (κ1) is 14.8. The van der Waals surface area contributed by atoms with Gasteiger partial charge in [0.2, 0.25) is 0 Å². The molecule has 0 aromatic heterocycles. The molecule has 0 saturated heterocycles. The van der Waals surface area contributed by atoms with Gasteiger partial charge < -0.3 is 0 Å². The first-order valence-electron chi connectivity index (χ1n) is 4.17. The van der Waals surface area contributed by atoms with E-state index in [0.29, 0.717) is 12.1 Å². The van der Waals surface area contributed by atoms with Crippen LogP contribution in [0.2, 0.25) is 0 Å². The van der Waals surface area contributed by atoms with Crippen molar-refractivity contribution in [2.45, 2.75) is 12.4 Å². The zero-order valence-electron chi connectivity index (χ0n) is 8.26. The number of anilines is 1. The fourth-order valence-electron chi connectivity index (χ4n) is 1.11. The van der Waals surface area contributed by atoms with Crippen molar-refractivity contribution < 1.29 is 35.1 Å². The van der Waals surface area contributed by atoms with Crippen molar-refractivity contribution in [3.63, 3.8) is 0 Å². The number of rotatable bonds is 2. The van der Waals surface area contributed by atoms with Crippen LogP contribution in [-0.2, 0) is 23.6 Å². The van der Waals surface area contributed by atoms with E-state index in [2.05, 4.69) is 0 Å². The van der Waals surface area contributed by atoms with Gasteiger partial charge in [-0.15, -0.1) is 0 Å². The fourth-order valence-corrected chi connectivity index (χ4v) is 1.43. The van der Waals surface area contributed by atoms with E-state index in [4.69, 9.17) is 4.55 Å². The summed E-state index contributed by atoms with van der Waals surface area (Å²) in [4.78, 5) is 0. The van der Waals surface area contributed by atoms with Crippen LogP contribution in [0.15, 0.2) is 18.2 Å². The third-order valence-corrected chi connectivity index (χ3v) is 2.20. The SMILES string of the molecule is O=S(O)Nc1cc(C(F)(F)F)cc(C(F)(F)F)c1. The summed E-state index contributed by atoms with van der Waals surface area (Å²) in [5.41, 5.74) is -3.88. The first-order chi connectivity index (χ1) is 8.00. The summed E-state index contributed by atoms with van der Waals surface area (Å²) in [6.07, 6.45) is -9.98. The summed E-state index contributed by atoms with van der Waals surface area (Å²) in [7, 11) is 0. The Labute approximate surface area is 99.2 Å². The second-order valence-electron chi connectivity index (χ2n) is 3.15. The molecule has 1 aromatic carbocycles. The molecule has 1 atom stereocenters. The Hall–Kier alpha value is -1.29. The van der Waals surface area contributed by atoms with Gasteiger partial charge >= 0.3 is 12.4 Å². The average molecular weight is 293 g/mol. The molecular weight excluding hydrogens is 288 g/mol. The molecule has 0 bridgehead atoms. The van der Waals surface area contributed by atoms with Gasteiger partial charge in [0, 0.05) is 5.69 Å². The summed E-state index contributed by atoms with van der Waals surface area (Å²) < 4.78 is 94.3. The lowest BCUT2D eigenvalue weighted by Gasteiger charge is -2.13. The van der Waals surface area contributed by atoms with Crippen LogP contribution in [-0.4, -0.2) is 8.76 Å². The van der Waals surface area contributed by atoms with E-state index in [1.165, 1.54) is 0 Å². The zero-order chi connectivity index (χ0) is 14.1. The van der Waals surface area contributed by atoms with Crippen molar-refractivity contribution >= 4 is 17.0 Å². The predicted octanol–water partition coefficient (Wildman–Crippen LogP) is 3.27. The summed E-state index contributed by atoms with van der Waals surface area (Å²) in [5.74, 6) is 0. The second-order valence-corrected chi connectivity index (χ2v) is 3.85. The fraction of sp³-hybridized carbons (Fsp3) is 0.250. The van der Waals surface area contributed by atoms with E-state index in [0.717, 1.165) is 0 Å². The largest absolute Gasteiger partial charge is 0.416 e. The van der Waals surface area contributed by atoms with E-state index < -0.39 is 40.4 Å². The Bertz CT molecular complexity index is 437. The Balaban J connectivity index is 3.34. The van der Waals surface area contributed by atoms with Crippen molar-refractivity contribution in [2.75, 3.05) is 4.72 Å². The average Bonchev–Trinajstić information content (AvgIpc) is 2.13. The molecule has 0 fully saturated rings. The lowest BCUT2D eigenvalue weighted by Crippen LogP contribution is -2.12. The van der Waals surface area contributed by atoms with Crippen molar-refractivity contribution in [1.82, 2.24) is 0 Å². The standard InChI is InChI=1S/C8H5F6NO2S/c9-7(10,11)4-1-5(8(12,13)14)3-6(2-4)15-18(16)17/h1-3,15H,(H,16,17). The molecule has 0 aliphatic heterocycles. The van der Waals surface area contributed by atoms with Crippen LogP contribution in [0.25, 0.3) is 0 Å². The third kappa shape index (κ3) is 3.88. The van der Waals surface area contributed by atoms with Gasteiger partial charge in [0.05, 0.1) is 11.1 Å². The van der Waals surface area contributed by atoms with Gasteiger partial charge in [0.25, 0.3) is 11.3 Å². The molecule has 1 unspecified atom stereocenters. The Morgan fingerprint density at radius 2 is 1.33 bits per heavy atom. The molecule has 2 N–H and O–H groups in total. The number of nitrogens with one attached hydrogen (secondary N) is 1. The van der Waals surface area contributed by atoms with Crippen LogP contribution in [0.1, 0.15) is 11.1 Å². The lowest BCUT2D eigenvalue weighted by atomic mass is 10.1. The van der Waals surface area contributed by atoms with Crippen LogP contribution in [0.4, 0.5) is 32.0 Å². The summed E-state index contributed by atoms with van der Waals surface area (Å²) in [5, 5.41) is 0. The number of benzene rings is 1. The highest BCUT2D eigenvalue weighted by molar-refractivity contribution is 7.80. The van der Waals surface area contributed by atoms with Gasteiger partial charge in [0.15, 0.2) is 0 Å². The number of hydrogen-bond donors (Lipinski definition) is 2. The molecule has 1 rings (SSSR count). The molecule has 0 saturated carbocycles. The van der Waals surface area contributed by atoms with Crippen LogP contribution in [0.3, 0.4) is 0 Å². The van der Waals surface area contributed by atoms with E-state index >= 15 is 0 Å². The number of hydrogen-bond acceptors (Lipinski definition) is 1. The molecule has 0 aliphatic rings. The van der Waals surface area contributed by atoms with E-state index in [1.807, 2.05) is 0 Å². The Morgan fingerprint density at radius 1 is 0.944 bits per heavy atom. The van der Waals surface area contributed by atoms with Crippen LogP contribution >= 0.6 is 0 Å². The molecule has 18 heavy (non-hydrogen) atoms. The van der Waals surface area contributed by atoms with Gasteiger partial charge in [-0.05, 0) is 18.2 Å². The molecule has 10 heteroatoms. The van der Waals surface area contributed by atoms with Gasteiger partial charge in [0.1, 0.15) is 0 Å². The Kier molecular flexibility index (Phi) is 3.91. The minimum absolute atomic E-state index is 0.0779. The molecule has 102 valence electrons. The van der Waals surface area contributed by atoms with Gasteiger partial charge in [-0.2, -0.15) is 26.3 Å². The zero-order valence-corrected chi connectivity index (χ0v) is 9.08. The van der Waals surface area contributed by atoms with Crippen molar-refractivity contribution in [2.24, 2.45) is 0 Å². The number of alkyl halides is 6. The van der Waals surface area contributed by atoms with Crippen molar-refractivity contribution in [1.29, 1.82) is 0 Å². The maximum absolute atomic E-state index is 12.3. The van der Waals surface area contributed by atoms with Crippen LogP contribution in [0.5, 0.6) is 0 Å². The van der Waals surface area contributed by atoms with E-state index in [1.54, 1.807) is 4.72 Å². The number of halogens is 6. The van der Waals surface area contributed by atoms with Gasteiger partial charge in [-0.3, -0.25) is 9.27 Å². The molecule has 0 heterocycles. The minimum atomic E-state index is -4.99. The molecule has 1 aromatic rings. The monoisotopic (exact) mass is 293 g/mol. The normalized spacial score (nSPS) is 14.4. The van der Waals surface area contributed by atoms with Crippen LogP contribution in [0, 0.1) is 0 Å². The summed E-state index contributed by atoms with van der Waals surface area (Å²) in [6.45, 7) is 0. The highest BCUT2D eigenvalue weighted by atomic mass is 32.2. The quantitative estimate of drug-likeness (QED) is 0.649. The van der Waals surface area contributed by atoms with Crippen molar-refractivity contribution in [3.05, 3.63) is 29.3 Å². The molecular formula is C8H5F6NO2S. The van der Waals surface area contributed by atoms with Crippen LogP contribution < -0.4 is 4.72 Å². The highest BCUT2D eigenvalue weighted by Crippen LogP contribution is 2.37. The predicted molar refractivity (Wildman–Crippen MR) is 50.8 cm³/mol. The van der Waals surface area contributed by atoms with E-state index in [-0.39, 0.29) is 6.07 Å².